The first-order valence-electron chi connectivity index (χ1n) is 13.4. The first kappa shape index (κ1) is 29.1. The fraction of sp³-hybridized carbons (Fsp3) is 0.333. The number of carbonyl (C=O) groups excluding carboxylic acids is 1. The lowest BCUT2D eigenvalue weighted by Gasteiger charge is -2.31. The maximum Gasteiger partial charge on any atom is 0.414 e. The molecule has 0 saturated heterocycles. The van der Waals surface area contributed by atoms with Crippen molar-refractivity contribution in [2.24, 2.45) is 0 Å². The van der Waals surface area contributed by atoms with Crippen LogP contribution in [-0.2, 0) is 11.3 Å². The molecule has 218 valence electrons. The number of aryl methyl sites for hydroxylation is 1. The molecule has 3 aromatic heterocycles. The van der Waals surface area contributed by atoms with Gasteiger partial charge in [-0.25, -0.2) is 19.4 Å². The summed E-state index contributed by atoms with van der Waals surface area (Å²) in [5.74, 6) is 0.946. The molecule has 0 radical (unpaired) electrons. The zero-order valence-electron chi connectivity index (χ0n) is 24.7. The molecule has 0 unspecified atom stereocenters. The van der Waals surface area contributed by atoms with Crippen LogP contribution in [0.3, 0.4) is 0 Å². The summed E-state index contributed by atoms with van der Waals surface area (Å²) in [5.41, 5.74) is 4.01. The number of benzene rings is 1. The lowest BCUT2D eigenvalue weighted by Crippen LogP contribution is -2.46. The highest BCUT2D eigenvalue weighted by atomic mass is 32.2. The van der Waals surface area contributed by atoms with Crippen LogP contribution >= 0.6 is 11.8 Å². The van der Waals surface area contributed by atoms with E-state index in [4.69, 9.17) is 19.8 Å². The highest BCUT2D eigenvalue weighted by molar-refractivity contribution is 7.99. The number of carbonyl (C=O) groups is 2. The average Bonchev–Trinajstić information content (AvgIpc) is 3.16. The number of methoxy groups -OCH3 is 1. The number of likely N-dealkylation sites (N-methyl/N-ethyl adjacent to an activating group) is 1. The third kappa shape index (κ3) is 5.29. The van der Waals surface area contributed by atoms with Crippen LogP contribution in [0.5, 0.6) is 5.75 Å². The molecule has 0 fully saturated rings. The van der Waals surface area contributed by atoms with Crippen LogP contribution < -0.4 is 14.5 Å². The van der Waals surface area contributed by atoms with Gasteiger partial charge in [0.25, 0.3) is 5.91 Å². The van der Waals surface area contributed by atoms with E-state index in [1.807, 2.05) is 44.2 Å². The average molecular weight is 588 g/mol. The summed E-state index contributed by atoms with van der Waals surface area (Å²) in [6.07, 6.45) is 2.36. The summed E-state index contributed by atoms with van der Waals surface area (Å²) in [6, 6.07) is 9.41. The van der Waals surface area contributed by atoms with Crippen molar-refractivity contribution in [2.75, 3.05) is 29.7 Å². The number of carboxylic acid groups (broad SMARTS) is 1. The predicted octanol–water partition coefficient (Wildman–Crippen LogP) is 5.33. The minimum absolute atomic E-state index is 0.0417. The molecule has 0 saturated carbocycles. The monoisotopic (exact) mass is 587 g/mol. The standard InChI is InChI=1S/C30H33N7O4S/c1-17-14-31-22(18(2)24(17)41-7)15-36-25-23-21(34-36)13-19(27(38)35(6)20-11-9-8-10-12-20)16-42-26(23)33-28(32-25)37(29(39)40)30(3,4)5/h8-14H,15-16H2,1-7H3,(H,39,40). The molecule has 2 amide bonds. The van der Waals surface area contributed by atoms with Gasteiger partial charge in [0.15, 0.2) is 5.65 Å². The van der Waals surface area contributed by atoms with Crippen molar-refractivity contribution >= 4 is 52.5 Å². The molecule has 1 aliphatic heterocycles. The molecular formula is C30H33N7O4S. The second-order valence-corrected chi connectivity index (χ2v) is 12.0. The Bertz CT molecular complexity index is 1730. The van der Waals surface area contributed by atoms with Crippen LogP contribution in [-0.4, -0.2) is 67.3 Å². The summed E-state index contributed by atoms with van der Waals surface area (Å²) in [6.45, 7) is 9.47. The van der Waals surface area contributed by atoms with Crippen molar-refractivity contribution in [1.29, 1.82) is 0 Å². The van der Waals surface area contributed by atoms with Gasteiger partial charge in [-0.2, -0.15) is 10.1 Å². The number of pyridine rings is 1. The number of nitrogens with zero attached hydrogens (tertiary/aromatic N) is 7. The Morgan fingerprint density at radius 2 is 1.86 bits per heavy atom. The first-order valence-corrected chi connectivity index (χ1v) is 14.4. The number of aromatic nitrogens is 5. The molecule has 5 rings (SSSR count). The Labute approximate surface area is 248 Å². The summed E-state index contributed by atoms with van der Waals surface area (Å²) in [7, 11) is 3.36. The molecule has 12 heteroatoms. The van der Waals surface area contributed by atoms with Gasteiger partial charge in [0.05, 0.1) is 30.4 Å². The zero-order chi connectivity index (χ0) is 30.3. The van der Waals surface area contributed by atoms with E-state index in [1.165, 1.54) is 11.8 Å². The van der Waals surface area contributed by atoms with Crippen molar-refractivity contribution in [3.63, 3.8) is 0 Å². The van der Waals surface area contributed by atoms with Gasteiger partial charge in [-0.15, -0.1) is 11.8 Å². The number of thioether (sulfide) groups is 1. The minimum Gasteiger partial charge on any atom is -0.496 e. The predicted molar refractivity (Wildman–Crippen MR) is 163 cm³/mol. The topological polar surface area (TPSA) is 127 Å². The highest BCUT2D eigenvalue weighted by Gasteiger charge is 2.33. The summed E-state index contributed by atoms with van der Waals surface area (Å²) >= 11 is 1.36. The lowest BCUT2D eigenvalue weighted by atomic mass is 10.1. The fourth-order valence-corrected chi connectivity index (χ4v) is 5.96. The van der Waals surface area contributed by atoms with Crippen LogP contribution in [0.4, 0.5) is 16.4 Å². The molecule has 4 aromatic rings. The molecule has 4 heterocycles. The van der Waals surface area contributed by atoms with Gasteiger partial charge in [0, 0.05) is 46.9 Å². The molecule has 1 N–H and O–H groups in total. The maximum atomic E-state index is 13.6. The maximum absolute atomic E-state index is 13.6. The number of rotatable bonds is 6. The Kier molecular flexibility index (Phi) is 7.67. The summed E-state index contributed by atoms with van der Waals surface area (Å²) in [5, 5.41) is 16.2. The number of ether oxygens (including phenoxy) is 1. The van der Waals surface area contributed by atoms with Crippen molar-refractivity contribution < 1.29 is 19.4 Å². The lowest BCUT2D eigenvalue weighted by molar-refractivity contribution is -0.114. The summed E-state index contributed by atoms with van der Waals surface area (Å²) < 4.78 is 7.30. The van der Waals surface area contributed by atoms with Crippen molar-refractivity contribution in [1.82, 2.24) is 24.7 Å². The molecule has 1 aliphatic rings. The van der Waals surface area contributed by atoms with Crippen LogP contribution in [0.25, 0.3) is 17.1 Å². The van der Waals surface area contributed by atoms with Crippen molar-refractivity contribution in [3.05, 3.63) is 64.6 Å². The third-order valence-electron chi connectivity index (χ3n) is 7.08. The number of hydrogen-bond acceptors (Lipinski definition) is 8. The quantitative estimate of drug-likeness (QED) is 0.298. The van der Waals surface area contributed by atoms with E-state index < -0.39 is 11.6 Å². The SMILES string of the molecule is COc1c(C)cnc(Cn2nc3c4c(nc(N(C(=O)O)C(C)(C)C)nc42)SCC(C(=O)N(C)c2ccccc2)=C3)c1C. The van der Waals surface area contributed by atoms with E-state index in [9.17, 15) is 14.7 Å². The zero-order valence-corrected chi connectivity index (χ0v) is 25.5. The molecule has 0 spiro atoms. The largest absolute Gasteiger partial charge is 0.496 e. The smallest absolute Gasteiger partial charge is 0.414 e. The Balaban J connectivity index is 1.67. The molecule has 0 bridgehead atoms. The van der Waals surface area contributed by atoms with Gasteiger partial charge in [-0.3, -0.25) is 9.78 Å². The fourth-order valence-electron chi connectivity index (χ4n) is 4.98. The number of hydrogen-bond donors (Lipinski definition) is 1. The van der Waals surface area contributed by atoms with Crippen LogP contribution in [0, 0.1) is 13.8 Å². The molecule has 0 atom stereocenters. The van der Waals surface area contributed by atoms with E-state index in [1.54, 1.807) is 56.8 Å². The van der Waals surface area contributed by atoms with Gasteiger partial charge in [-0.1, -0.05) is 18.2 Å². The molecule has 11 nitrogen and oxygen atoms in total. The molecule has 0 aliphatic carbocycles. The normalized spacial score (nSPS) is 13.0. The molecule has 42 heavy (non-hydrogen) atoms. The van der Waals surface area contributed by atoms with Crippen LogP contribution in [0.1, 0.15) is 43.3 Å². The third-order valence-corrected chi connectivity index (χ3v) is 8.11. The van der Waals surface area contributed by atoms with E-state index in [0.717, 1.165) is 33.2 Å². The van der Waals surface area contributed by atoms with Crippen LogP contribution in [0.15, 0.2) is 47.1 Å². The summed E-state index contributed by atoms with van der Waals surface area (Å²) in [4.78, 5) is 42.8. The van der Waals surface area contributed by atoms with E-state index in [0.29, 0.717) is 33.1 Å². The second-order valence-electron chi connectivity index (χ2n) is 11.1. The van der Waals surface area contributed by atoms with Crippen LogP contribution in [0.2, 0.25) is 0 Å². The van der Waals surface area contributed by atoms with E-state index in [2.05, 4.69) is 4.98 Å². The number of amides is 2. The second kappa shape index (κ2) is 11.1. The van der Waals surface area contributed by atoms with Crippen molar-refractivity contribution in [3.8, 4) is 5.75 Å². The minimum atomic E-state index is -1.17. The van der Waals surface area contributed by atoms with Gasteiger partial charge in [0.2, 0.25) is 5.95 Å². The van der Waals surface area contributed by atoms with E-state index >= 15 is 0 Å². The Morgan fingerprint density at radius 1 is 1.14 bits per heavy atom. The molecule has 1 aromatic carbocycles. The Morgan fingerprint density at radius 3 is 2.50 bits per heavy atom. The van der Waals surface area contributed by atoms with Gasteiger partial charge >= 0.3 is 6.09 Å². The molecular weight excluding hydrogens is 554 g/mol. The van der Waals surface area contributed by atoms with Crippen molar-refractivity contribution in [2.45, 2.75) is 51.7 Å². The van der Waals surface area contributed by atoms with Gasteiger partial charge < -0.3 is 14.7 Å². The first-order chi connectivity index (χ1) is 19.9. The number of anilines is 2. The number of para-hydroxylation sites is 1. The van der Waals surface area contributed by atoms with E-state index in [-0.39, 0.29) is 18.4 Å². The Hall–Kier alpha value is -4.45. The van der Waals surface area contributed by atoms with Gasteiger partial charge in [-0.05, 0) is 52.8 Å². The van der Waals surface area contributed by atoms with Gasteiger partial charge in [0.1, 0.15) is 10.8 Å². The highest BCUT2D eigenvalue weighted by Crippen LogP contribution is 2.37.